The van der Waals surface area contributed by atoms with Crippen LogP contribution in [0.4, 0.5) is 0 Å². The Hall–Kier alpha value is -1.91. The SMILES string of the molecule is COc1cc(OC)c(OC)cc1CC1(C)CCC(=O)N1. The number of hydrogen-bond acceptors (Lipinski definition) is 4. The van der Waals surface area contributed by atoms with E-state index in [0.717, 1.165) is 17.7 Å². The van der Waals surface area contributed by atoms with Gasteiger partial charge >= 0.3 is 0 Å². The lowest BCUT2D eigenvalue weighted by atomic mass is 9.91. The number of carbonyl (C=O) groups excluding carboxylic acids is 1. The van der Waals surface area contributed by atoms with E-state index in [2.05, 4.69) is 5.32 Å². The van der Waals surface area contributed by atoms with Crippen molar-refractivity contribution in [2.45, 2.75) is 31.7 Å². The topological polar surface area (TPSA) is 56.8 Å². The van der Waals surface area contributed by atoms with E-state index >= 15 is 0 Å². The van der Waals surface area contributed by atoms with Crippen molar-refractivity contribution >= 4 is 5.91 Å². The first-order chi connectivity index (χ1) is 9.51. The molecule has 1 aromatic carbocycles. The van der Waals surface area contributed by atoms with Crippen LogP contribution in [0, 0.1) is 0 Å². The highest BCUT2D eigenvalue weighted by Crippen LogP contribution is 2.37. The largest absolute Gasteiger partial charge is 0.496 e. The summed E-state index contributed by atoms with van der Waals surface area (Å²) in [5, 5.41) is 3.03. The molecule has 0 spiro atoms. The summed E-state index contributed by atoms with van der Waals surface area (Å²) in [6.45, 7) is 2.05. The van der Waals surface area contributed by atoms with Gasteiger partial charge in [0, 0.05) is 23.6 Å². The molecule has 1 N–H and O–H groups in total. The zero-order valence-electron chi connectivity index (χ0n) is 12.4. The van der Waals surface area contributed by atoms with E-state index in [-0.39, 0.29) is 11.4 Å². The minimum absolute atomic E-state index is 0.104. The zero-order valence-corrected chi connectivity index (χ0v) is 12.4. The maximum atomic E-state index is 11.4. The molecule has 1 fully saturated rings. The molecule has 1 heterocycles. The number of rotatable bonds is 5. The van der Waals surface area contributed by atoms with Gasteiger partial charge in [-0.3, -0.25) is 4.79 Å². The summed E-state index contributed by atoms with van der Waals surface area (Å²) in [5.41, 5.74) is 0.763. The van der Waals surface area contributed by atoms with Crippen LogP contribution >= 0.6 is 0 Å². The van der Waals surface area contributed by atoms with Gasteiger partial charge in [-0.1, -0.05) is 0 Å². The van der Waals surface area contributed by atoms with E-state index in [0.29, 0.717) is 24.3 Å². The van der Waals surface area contributed by atoms with Crippen molar-refractivity contribution in [2.24, 2.45) is 0 Å². The minimum atomic E-state index is -0.232. The molecule has 1 atom stereocenters. The highest BCUT2D eigenvalue weighted by Gasteiger charge is 2.34. The van der Waals surface area contributed by atoms with Crippen molar-refractivity contribution in [3.63, 3.8) is 0 Å². The molecule has 1 aliphatic rings. The summed E-state index contributed by atoms with van der Waals surface area (Å²) < 4.78 is 16.0. The molecule has 0 radical (unpaired) electrons. The molecule has 2 rings (SSSR count). The molecule has 1 aromatic rings. The second-order valence-electron chi connectivity index (χ2n) is 5.30. The van der Waals surface area contributed by atoms with Crippen LogP contribution < -0.4 is 19.5 Å². The molecule has 0 aliphatic carbocycles. The van der Waals surface area contributed by atoms with Gasteiger partial charge in [0.05, 0.1) is 21.3 Å². The van der Waals surface area contributed by atoms with Crippen LogP contribution in [-0.4, -0.2) is 32.8 Å². The fraction of sp³-hybridized carbons (Fsp3) is 0.533. The number of methoxy groups -OCH3 is 3. The summed E-state index contributed by atoms with van der Waals surface area (Å²) in [4.78, 5) is 11.4. The summed E-state index contributed by atoms with van der Waals surface area (Å²) >= 11 is 0. The van der Waals surface area contributed by atoms with E-state index in [1.807, 2.05) is 19.1 Å². The number of ether oxygens (including phenoxy) is 3. The molecule has 0 aromatic heterocycles. The maximum Gasteiger partial charge on any atom is 0.220 e. The number of carbonyl (C=O) groups is 1. The van der Waals surface area contributed by atoms with Crippen molar-refractivity contribution in [3.05, 3.63) is 17.7 Å². The third-order valence-corrected chi connectivity index (χ3v) is 3.71. The fourth-order valence-electron chi connectivity index (χ4n) is 2.63. The van der Waals surface area contributed by atoms with Crippen LogP contribution in [0.1, 0.15) is 25.3 Å². The Labute approximate surface area is 119 Å². The van der Waals surface area contributed by atoms with E-state index in [4.69, 9.17) is 14.2 Å². The van der Waals surface area contributed by atoms with E-state index < -0.39 is 0 Å². The van der Waals surface area contributed by atoms with Crippen molar-refractivity contribution < 1.29 is 19.0 Å². The number of nitrogens with one attached hydrogen (secondary N) is 1. The average molecular weight is 279 g/mol. The normalized spacial score (nSPS) is 21.5. The van der Waals surface area contributed by atoms with Gasteiger partial charge in [-0.2, -0.15) is 0 Å². The van der Waals surface area contributed by atoms with Crippen LogP contribution in [0.5, 0.6) is 17.2 Å². The molecule has 1 aliphatic heterocycles. The van der Waals surface area contributed by atoms with Crippen molar-refractivity contribution in [2.75, 3.05) is 21.3 Å². The number of amides is 1. The Morgan fingerprint density at radius 1 is 1.10 bits per heavy atom. The van der Waals surface area contributed by atoms with Gasteiger partial charge < -0.3 is 19.5 Å². The monoisotopic (exact) mass is 279 g/mol. The Balaban J connectivity index is 2.33. The first-order valence-electron chi connectivity index (χ1n) is 6.61. The first-order valence-corrected chi connectivity index (χ1v) is 6.61. The highest BCUT2D eigenvalue weighted by atomic mass is 16.5. The number of benzene rings is 1. The van der Waals surface area contributed by atoms with Crippen LogP contribution in [0.25, 0.3) is 0 Å². The van der Waals surface area contributed by atoms with E-state index in [1.165, 1.54) is 0 Å². The van der Waals surface area contributed by atoms with Crippen molar-refractivity contribution in [1.29, 1.82) is 0 Å². The van der Waals surface area contributed by atoms with Crippen LogP contribution in [0.3, 0.4) is 0 Å². The van der Waals surface area contributed by atoms with E-state index in [1.54, 1.807) is 21.3 Å². The number of hydrogen-bond donors (Lipinski definition) is 1. The zero-order chi connectivity index (χ0) is 14.8. The second kappa shape index (κ2) is 5.61. The van der Waals surface area contributed by atoms with Gasteiger partial charge in [0.2, 0.25) is 5.91 Å². The maximum absolute atomic E-state index is 11.4. The van der Waals surface area contributed by atoms with Gasteiger partial charge in [0.15, 0.2) is 11.5 Å². The van der Waals surface area contributed by atoms with Gasteiger partial charge in [0.1, 0.15) is 5.75 Å². The fourth-order valence-corrected chi connectivity index (χ4v) is 2.63. The predicted molar refractivity (Wildman–Crippen MR) is 75.6 cm³/mol. The molecule has 110 valence electrons. The van der Waals surface area contributed by atoms with Gasteiger partial charge in [0.25, 0.3) is 0 Å². The molecule has 1 unspecified atom stereocenters. The summed E-state index contributed by atoms with van der Waals surface area (Å²) in [6.07, 6.45) is 2.09. The average Bonchev–Trinajstić information content (AvgIpc) is 2.77. The molecular formula is C15H21NO4. The Bertz CT molecular complexity index is 515. The van der Waals surface area contributed by atoms with Gasteiger partial charge in [-0.05, 0) is 25.8 Å². The van der Waals surface area contributed by atoms with Crippen molar-refractivity contribution in [3.8, 4) is 17.2 Å². The lowest BCUT2D eigenvalue weighted by Gasteiger charge is -2.25. The van der Waals surface area contributed by atoms with E-state index in [9.17, 15) is 4.79 Å². The van der Waals surface area contributed by atoms with Gasteiger partial charge in [-0.25, -0.2) is 0 Å². The predicted octanol–water partition coefficient (Wildman–Crippen LogP) is 1.92. The molecule has 5 heteroatoms. The second-order valence-corrected chi connectivity index (χ2v) is 5.30. The molecule has 1 amide bonds. The van der Waals surface area contributed by atoms with Crippen LogP contribution in [-0.2, 0) is 11.2 Å². The highest BCUT2D eigenvalue weighted by molar-refractivity contribution is 5.79. The summed E-state index contributed by atoms with van der Waals surface area (Å²) in [6, 6.07) is 3.72. The Morgan fingerprint density at radius 2 is 1.70 bits per heavy atom. The summed E-state index contributed by atoms with van der Waals surface area (Å²) in [5.74, 6) is 2.14. The molecular weight excluding hydrogens is 258 g/mol. The van der Waals surface area contributed by atoms with Crippen molar-refractivity contribution in [1.82, 2.24) is 5.32 Å². The molecule has 1 saturated heterocycles. The molecule has 0 saturated carbocycles. The third kappa shape index (κ3) is 2.81. The molecule has 5 nitrogen and oxygen atoms in total. The molecule has 20 heavy (non-hydrogen) atoms. The lowest BCUT2D eigenvalue weighted by molar-refractivity contribution is -0.119. The smallest absolute Gasteiger partial charge is 0.220 e. The standard InChI is InChI=1S/C15H21NO4/c1-15(6-5-14(17)16-15)9-10-7-12(19-3)13(20-4)8-11(10)18-2/h7-8H,5-6,9H2,1-4H3,(H,16,17). The first kappa shape index (κ1) is 14.5. The molecule has 0 bridgehead atoms. The lowest BCUT2D eigenvalue weighted by Crippen LogP contribution is -2.40. The summed E-state index contributed by atoms with van der Waals surface area (Å²) in [7, 11) is 4.82. The third-order valence-electron chi connectivity index (χ3n) is 3.71. The Kier molecular flexibility index (Phi) is 4.06. The van der Waals surface area contributed by atoms with Crippen LogP contribution in [0.15, 0.2) is 12.1 Å². The minimum Gasteiger partial charge on any atom is -0.496 e. The van der Waals surface area contributed by atoms with Gasteiger partial charge in [-0.15, -0.1) is 0 Å². The van der Waals surface area contributed by atoms with Crippen LogP contribution in [0.2, 0.25) is 0 Å². The Morgan fingerprint density at radius 3 is 2.20 bits per heavy atom. The quantitative estimate of drug-likeness (QED) is 0.894.